The highest BCUT2D eigenvalue weighted by Crippen LogP contribution is 2.33. The van der Waals surface area contributed by atoms with Gasteiger partial charge in [-0.1, -0.05) is 54.6 Å². The lowest BCUT2D eigenvalue weighted by Crippen LogP contribution is -2.34. The number of anilines is 1. The maximum atomic E-state index is 13.6. The van der Waals surface area contributed by atoms with E-state index in [9.17, 15) is 9.59 Å². The van der Waals surface area contributed by atoms with Crippen LogP contribution in [-0.2, 0) is 27.2 Å². The number of nitrogens with one attached hydrogen (secondary N) is 2. The van der Waals surface area contributed by atoms with Gasteiger partial charge in [-0.05, 0) is 81.3 Å². The van der Waals surface area contributed by atoms with Gasteiger partial charge in [-0.15, -0.1) is 0 Å². The smallest absolute Gasteiger partial charge is 0.306 e. The number of hydrogen-bond donors (Lipinski definition) is 2. The van der Waals surface area contributed by atoms with E-state index in [1.54, 1.807) is 0 Å². The molecule has 1 saturated heterocycles. The number of aromatic amines is 1. The zero-order valence-electron chi connectivity index (χ0n) is 24.4. The highest BCUT2D eigenvalue weighted by molar-refractivity contribution is 5.87. The highest BCUT2D eigenvalue weighted by Gasteiger charge is 2.23. The van der Waals surface area contributed by atoms with Gasteiger partial charge >= 0.3 is 5.97 Å². The molecule has 0 bridgehead atoms. The van der Waals surface area contributed by atoms with Crippen LogP contribution in [0.1, 0.15) is 74.8 Å². The lowest BCUT2D eigenvalue weighted by Gasteiger charge is -2.33. The van der Waals surface area contributed by atoms with Gasteiger partial charge in [0.15, 0.2) is 0 Å². The molecule has 0 radical (unpaired) electrons. The molecule has 3 aromatic carbocycles. The number of hydrogen-bond acceptors (Lipinski definition) is 4. The number of aryl methyl sites for hydroxylation is 1. The van der Waals surface area contributed by atoms with E-state index in [2.05, 4.69) is 57.7 Å². The Kier molecular flexibility index (Phi) is 8.77. The molecule has 2 N–H and O–H groups in total. The monoisotopic (exact) mass is 551 g/mol. The van der Waals surface area contributed by atoms with Crippen molar-refractivity contribution in [2.45, 2.75) is 70.9 Å². The zero-order valence-corrected chi connectivity index (χ0v) is 24.4. The Morgan fingerprint density at radius 3 is 2.44 bits per heavy atom. The van der Waals surface area contributed by atoms with Crippen molar-refractivity contribution in [3.63, 3.8) is 0 Å². The molecule has 2 heterocycles. The molecule has 0 spiro atoms. The quantitative estimate of drug-likeness (QED) is 0.222. The average molecular weight is 552 g/mol. The third kappa shape index (κ3) is 7.37. The predicted molar refractivity (Wildman–Crippen MR) is 165 cm³/mol. The SMILES string of the molecule is CC(C)(C)OC(=O)CCc1c[nH]c2ccc(CC(=O)NC(c3ccccc3)c3ccccc3N3CCCCC3)cc12. The lowest BCUT2D eigenvalue weighted by atomic mass is 9.95. The van der Waals surface area contributed by atoms with Crippen LogP contribution >= 0.6 is 0 Å². The van der Waals surface area contributed by atoms with E-state index in [4.69, 9.17) is 4.74 Å². The van der Waals surface area contributed by atoms with Gasteiger partial charge in [0.25, 0.3) is 0 Å². The maximum Gasteiger partial charge on any atom is 0.306 e. The van der Waals surface area contributed by atoms with Gasteiger partial charge in [-0.2, -0.15) is 0 Å². The summed E-state index contributed by atoms with van der Waals surface area (Å²) in [5, 5.41) is 4.40. The van der Waals surface area contributed by atoms with Gasteiger partial charge < -0.3 is 19.9 Å². The fourth-order valence-electron chi connectivity index (χ4n) is 5.71. The Morgan fingerprint density at radius 2 is 1.68 bits per heavy atom. The summed E-state index contributed by atoms with van der Waals surface area (Å²) in [5.74, 6) is -0.239. The number of aromatic nitrogens is 1. The average Bonchev–Trinajstić information content (AvgIpc) is 3.37. The first-order chi connectivity index (χ1) is 19.8. The van der Waals surface area contributed by atoms with E-state index in [0.717, 1.165) is 46.2 Å². The van der Waals surface area contributed by atoms with Crippen molar-refractivity contribution in [2.75, 3.05) is 18.0 Å². The van der Waals surface area contributed by atoms with Crippen molar-refractivity contribution in [1.29, 1.82) is 0 Å². The van der Waals surface area contributed by atoms with Crippen LogP contribution in [0.4, 0.5) is 5.69 Å². The van der Waals surface area contributed by atoms with Gasteiger partial charge in [0.2, 0.25) is 5.91 Å². The fraction of sp³-hybridized carbons (Fsp3) is 0.371. The molecule has 1 aliphatic heterocycles. The second-order valence-electron chi connectivity index (χ2n) is 12.0. The van der Waals surface area contributed by atoms with Crippen molar-refractivity contribution < 1.29 is 14.3 Å². The van der Waals surface area contributed by atoms with E-state index < -0.39 is 5.60 Å². The summed E-state index contributed by atoms with van der Waals surface area (Å²) in [7, 11) is 0. The summed E-state index contributed by atoms with van der Waals surface area (Å²) in [4.78, 5) is 31.6. The van der Waals surface area contributed by atoms with Gasteiger partial charge in [0.05, 0.1) is 12.5 Å². The molecule has 1 atom stereocenters. The zero-order chi connectivity index (χ0) is 28.8. The molecular weight excluding hydrogens is 510 g/mol. The van der Waals surface area contributed by atoms with E-state index in [1.807, 2.05) is 57.3 Å². The predicted octanol–water partition coefficient (Wildman–Crippen LogP) is 6.88. The number of piperidine rings is 1. The molecule has 6 heteroatoms. The second-order valence-corrected chi connectivity index (χ2v) is 12.0. The summed E-state index contributed by atoms with van der Waals surface area (Å²) in [6.07, 6.45) is 6.75. The number of fused-ring (bicyclic) bond motifs is 1. The number of ether oxygens (including phenoxy) is 1. The molecule has 1 amide bonds. The van der Waals surface area contributed by atoms with Crippen molar-refractivity contribution in [1.82, 2.24) is 10.3 Å². The number of nitrogens with zero attached hydrogens (tertiary/aromatic N) is 1. The van der Waals surface area contributed by atoms with Gasteiger partial charge in [-0.3, -0.25) is 9.59 Å². The summed E-state index contributed by atoms with van der Waals surface area (Å²) in [5.41, 5.74) is 5.87. The van der Waals surface area contributed by atoms with Crippen LogP contribution < -0.4 is 10.2 Å². The van der Waals surface area contributed by atoms with Crippen LogP contribution in [0.3, 0.4) is 0 Å². The second kappa shape index (κ2) is 12.6. The third-order valence-electron chi connectivity index (χ3n) is 7.60. The van der Waals surface area contributed by atoms with Gasteiger partial charge in [0.1, 0.15) is 5.60 Å². The number of rotatable bonds is 9. The summed E-state index contributed by atoms with van der Waals surface area (Å²) in [6.45, 7) is 7.71. The van der Waals surface area contributed by atoms with E-state index >= 15 is 0 Å². The molecule has 1 aromatic heterocycles. The van der Waals surface area contributed by atoms with E-state index in [1.165, 1.54) is 24.9 Å². The first-order valence-corrected chi connectivity index (χ1v) is 14.8. The molecule has 0 aliphatic carbocycles. The van der Waals surface area contributed by atoms with Crippen molar-refractivity contribution in [3.05, 3.63) is 101 Å². The Morgan fingerprint density at radius 1 is 0.951 bits per heavy atom. The van der Waals surface area contributed by atoms with Crippen LogP contribution in [0.2, 0.25) is 0 Å². The van der Waals surface area contributed by atoms with Crippen molar-refractivity contribution in [2.24, 2.45) is 0 Å². The molecule has 1 unspecified atom stereocenters. The van der Waals surface area contributed by atoms with Crippen molar-refractivity contribution in [3.8, 4) is 0 Å². The largest absolute Gasteiger partial charge is 0.460 e. The number of para-hydroxylation sites is 1. The Hall–Kier alpha value is -4.06. The molecule has 41 heavy (non-hydrogen) atoms. The minimum Gasteiger partial charge on any atom is -0.460 e. The Labute approximate surface area is 243 Å². The minimum atomic E-state index is -0.496. The van der Waals surface area contributed by atoms with Crippen LogP contribution in [0.15, 0.2) is 79.0 Å². The number of benzene rings is 3. The summed E-state index contributed by atoms with van der Waals surface area (Å²) in [6, 6.07) is 24.5. The Bertz CT molecular complexity index is 1480. The maximum absolute atomic E-state index is 13.6. The molecule has 1 aliphatic rings. The van der Waals surface area contributed by atoms with Crippen LogP contribution in [0, 0.1) is 0 Å². The third-order valence-corrected chi connectivity index (χ3v) is 7.60. The van der Waals surface area contributed by atoms with Gasteiger partial charge in [0, 0.05) is 47.9 Å². The standard InChI is InChI=1S/C35H41N3O3/c1-35(2,3)41-33(40)19-17-27-24-36-30-18-16-25(22-29(27)30)23-32(39)37-34(26-12-6-4-7-13-26)28-14-8-9-15-31(28)38-20-10-5-11-21-38/h4,6-9,12-16,18,22,24,34,36H,5,10-11,17,19-21,23H2,1-3H3,(H,37,39). The molecule has 4 aromatic rings. The van der Waals surface area contributed by atoms with Crippen molar-refractivity contribution >= 4 is 28.5 Å². The minimum absolute atomic E-state index is 0.0301. The number of carbonyl (C=O) groups excluding carboxylic acids is 2. The first kappa shape index (κ1) is 28.5. The van der Waals surface area contributed by atoms with Crippen LogP contribution in [0.25, 0.3) is 10.9 Å². The fourth-order valence-corrected chi connectivity index (χ4v) is 5.71. The molecule has 1 fully saturated rings. The normalized spacial score (nSPS) is 14.6. The summed E-state index contributed by atoms with van der Waals surface area (Å²) < 4.78 is 5.48. The summed E-state index contributed by atoms with van der Waals surface area (Å²) >= 11 is 0. The number of amides is 1. The van der Waals surface area contributed by atoms with E-state index in [0.29, 0.717) is 12.8 Å². The molecule has 214 valence electrons. The Balaban J connectivity index is 1.34. The lowest BCUT2D eigenvalue weighted by molar-refractivity contribution is -0.154. The molecule has 5 rings (SSSR count). The molecular formula is C35H41N3O3. The van der Waals surface area contributed by atoms with E-state index in [-0.39, 0.29) is 24.3 Å². The number of H-pyrrole nitrogens is 1. The van der Waals surface area contributed by atoms with Crippen LogP contribution in [-0.4, -0.2) is 35.6 Å². The highest BCUT2D eigenvalue weighted by atomic mass is 16.6. The molecule has 6 nitrogen and oxygen atoms in total. The number of esters is 1. The topological polar surface area (TPSA) is 74.4 Å². The number of carbonyl (C=O) groups is 2. The van der Waals surface area contributed by atoms with Gasteiger partial charge in [-0.25, -0.2) is 0 Å². The molecule has 0 saturated carbocycles. The first-order valence-electron chi connectivity index (χ1n) is 14.8. The van der Waals surface area contributed by atoms with Crippen LogP contribution in [0.5, 0.6) is 0 Å².